The molecule has 1 fully saturated rings. The number of nitro benzene ring substituents is 1. The van der Waals surface area contributed by atoms with Crippen LogP contribution in [-0.4, -0.2) is 30.1 Å². The second-order valence-electron chi connectivity index (χ2n) is 6.42. The zero-order valence-electron chi connectivity index (χ0n) is 15.0. The molecule has 0 spiro atoms. The van der Waals surface area contributed by atoms with Crippen LogP contribution in [0.25, 0.3) is 0 Å². The second-order valence-corrected chi connectivity index (χ2v) is 6.42. The van der Waals surface area contributed by atoms with Crippen molar-refractivity contribution in [1.82, 2.24) is 4.98 Å². The summed E-state index contributed by atoms with van der Waals surface area (Å²) in [5.74, 6) is 1.27. The number of hydrogen-bond donors (Lipinski definition) is 1. The normalized spacial score (nSPS) is 14.6. The summed E-state index contributed by atoms with van der Waals surface area (Å²) in [4.78, 5) is 17.4. The van der Waals surface area contributed by atoms with Gasteiger partial charge < -0.3 is 15.0 Å². The van der Waals surface area contributed by atoms with Crippen molar-refractivity contribution in [3.05, 3.63) is 52.2 Å². The van der Waals surface area contributed by atoms with Crippen LogP contribution in [0.3, 0.4) is 0 Å². The van der Waals surface area contributed by atoms with E-state index in [1.165, 1.54) is 38.9 Å². The van der Waals surface area contributed by atoms with Gasteiger partial charge >= 0.3 is 5.69 Å². The fourth-order valence-electron chi connectivity index (χ4n) is 3.19. The maximum atomic E-state index is 11.0. The fourth-order valence-corrected chi connectivity index (χ4v) is 3.19. The Balaban J connectivity index is 1.68. The Kier molecular flexibility index (Phi) is 5.88. The van der Waals surface area contributed by atoms with E-state index in [9.17, 15) is 10.1 Å². The molecule has 1 aromatic heterocycles. The van der Waals surface area contributed by atoms with Crippen LogP contribution in [0.4, 0.5) is 17.2 Å². The van der Waals surface area contributed by atoms with Crippen LogP contribution in [0.1, 0.15) is 31.2 Å². The molecule has 7 heteroatoms. The summed E-state index contributed by atoms with van der Waals surface area (Å²) in [5, 5.41) is 14.3. The smallest absolute Gasteiger partial charge is 0.311 e. The summed E-state index contributed by atoms with van der Waals surface area (Å²) in [6.45, 7) is 2.73. The predicted octanol–water partition coefficient (Wildman–Crippen LogP) is 3.99. The summed E-state index contributed by atoms with van der Waals surface area (Å²) in [6.07, 6.45) is 6.85. The number of ether oxygens (including phenoxy) is 1. The molecule has 3 rings (SSSR count). The Morgan fingerprint density at radius 3 is 2.65 bits per heavy atom. The third kappa shape index (κ3) is 4.41. The molecular weight excluding hydrogens is 332 g/mol. The highest BCUT2D eigenvalue weighted by atomic mass is 16.6. The molecule has 0 saturated carbocycles. The van der Waals surface area contributed by atoms with Gasteiger partial charge in [-0.15, -0.1) is 0 Å². The fraction of sp³-hybridized carbons (Fsp3) is 0.421. The standard InChI is InChI=1S/C19H24N4O3/c1-26-18-13-16(6-7-17(18)23(24)25)21-14-15-8-9-20-19(12-15)22-10-4-2-3-5-11-22/h6-9,12-13,21H,2-5,10-11,14H2,1H3. The summed E-state index contributed by atoms with van der Waals surface area (Å²) in [5.41, 5.74) is 1.86. The molecule has 0 unspecified atom stereocenters. The third-order valence-electron chi connectivity index (χ3n) is 4.61. The van der Waals surface area contributed by atoms with Crippen molar-refractivity contribution in [3.8, 4) is 5.75 Å². The Hall–Kier alpha value is -2.83. The van der Waals surface area contributed by atoms with Gasteiger partial charge in [-0.1, -0.05) is 12.8 Å². The molecule has 0 bridgehead atoms. The topological polar surface area (TPSA) is 80.5 Å². The number of pyridine rings is 1. The molecule has 138 valence electrons. The van der Waals surface area contributed by atoms with Crippen molar-refractivity contribution >= 4 is 17.2 Å². The van der Waals surface area contributed by atoms with E-state index in [0.717, 1.165) is 30.2 Å². The van der Waals surface area contributed by atoms with Gasteiger partial charge in [0.15, 0.2) is 5.75 Å². The molecule has 2 heterocycles. The third-order valence-corrected chi connectivity index (χ3v) is 4.61. The average molecular weight is 356 g/mol. The van der Waals surface area contributed by atoms with Gasteiger partial charge in [-0.05, 0) is 36.6 Å². The minimum absolute atomic E-state index is 0.0367. The van der Waals surface area contributed by atoms with Gasteiger partial charge in [0, 0.05) is 43.7 Å². The molecule has 1 aromatic carbocycles. The molecule has 0 aliphatic carbocycles. The predicted molar refractivity (Wildman–Crippen MR) is 102 cm³/mol. The molecular formula is C19H24N4O3. The summed E-state index contributed by atoms with van der Waals surface area (Å²) in [6, 6.07) is 8.89. The van der Waals surface area contributed by atoms with Gasteiger partial charge in [-0.25, -0.2) is 4.98 Å². The minimum atomic E-state index is -0.445. The summed E-state index contributed by atoms with van der Waals surface area (Å²) >= 11 is 0. The Labute approximate surface area is 153 Å². The number of rotatable bonds is 6. The highest BCUT2D eigenvalue weighted by molar-refractivity contribution is 5.58. The van der Waals surface area contributed by atoms with E-state index < -0.39 is 4.92 Å². The summed E-state index contributed by atoms with van der Waals surface area (Å²) in [7, 11) is 1.43. The zero-order valence-corrected chi connectivity index (χ0v) is 15.0. The number of methoxy groups -OCH3 is 1. The number of nitro groups is 1. The number of nitrogens with one attached hydrogen (secondary N) is 1. The maximum absolute atomic E-state index is 11.0. The van der Waals surface area contributed by atoms with Gasteiger partial charge in [-0.3, -0.25) is 10.1 Å². The van der Waals surface area contributed by atoms with Crippen molar-refractivity contribution in [2.24, 2.45) is 0 Å². The lowest BCUT2D eigenvalue weighted by molar-refractivity contribution is -0.385. The van der Waals surface area contributed by atoms with Crippen LogP contribution >= 0.6 is 0 Å². The van der Waals surface area contributed by atoms with Crippen LogP contribution in [-0.2, 0) is 6.54 Å². The van der Waals surface area contributed by atoms with Crippen molar-refractivity contribution in [1.29, 1.82) is 0 Å². The summed E-state index contributed by atoms with van der Waals surface area (Å²) < 4.78 is 5.11. The largest absolute Gasteiger partial charge is 0.490 e. The highest BCUT2D eigenvalue weighted by Gasteiger charge is 2.15. The van der Waals surface area contributed by atoms with E-state index in [1.54, 1.807) is 12.1 Å². The molecule has 0 amide bonds. The van der Waals surface area contributed by atoms with E-state index in [1.807, 2.05) is 12.3 Å². The average Bonchev–Trinajstić information content (AvgIpc) is 2.95. The van der Waals surface area contributed by atoms with Crippen molar-refractivity contribution in [3.63, 3.8) is 0 Å². The molecule has 1 aliphatic rings. The van der Waals surface area contributed by atoms with Crippen molar-refractivity contribution in [2.75, 3.05) is 30.4 Å². The van der Waals surface area contributed by atoms with Crippen LogP contribution < -0.4 is 15.0 Å². The number of aromatic nitrogens is 1. The van der Waals surface area contributed by atoms with Gasteiger partial charge in [0.2, 0.25) is 0 Å². The lowest BCUT2D eigenvalue weighted by Gasteiger charge is -2.22. The first kappa shape index (κ1) is 18.0. The lowest BCUT2D eigenvalue weighted by atomic mass is 10.2. The van der Waals surface area contributed by atoms with Crippen LogP contribution in [0.15, 0.2) is 36.5 Å². The molecule has 0 radical (unpaired) electrons. The Bertz CT molecular complexity index is 758. The molecule has 26 heavy (non-hydrogen) atoms. The zero-order chi connectivity index (χ0) is 18.4. The molecule has 7 nitrogen and oxygen atoms in total. The quantitative estimate of drug-likeness (QED) is 0.623. The first-order chi connectivity index (χ1) is 12.7. The first-order valence-corrected chi connectivity index (χ1v) is 8.93. The SMILES string of the molecule is COc1cc(NCc2ccnc(N3CCCCCC3)c2)ccc1[N+](=O)[O-]. The minimum Gasteiger partial charge on any atom is -0.490 e. The van der Waals surface area contributed by atoms with E-state index in [-0.39, 0.29) is 11.4 Å². The first-order valence-electron chi connectivity index (χ1n) is 8.93. The van der Waals surface area contributed by atoms with E-state index in [2.05, 4.69) is 21.3 Å². The maximum Gasteiger partial charge on any atom is 0.311 e. The van der Waals surface area contributed by atoms with Crippen LogP contribution in [0.2, 0.25) is 0 Å². The Morgan fingerprint density at radius 2 is 1.96 bits per heavy atom. The van der Waals surface area contributed by atoms with Gasteiger partial charge in [-0.2, -0.15) is 0 Å². The molecule has 2 aromatic rings. The van der Waals surface area contributed by atoms with Crippen molar-refractivity contribution < 1.29 is 9.66 Å². The highest BCUT2D eigenvalue weighted by Crippen LogP contribution is 2.30. The molecule has 1 N–H and O–H groups in total. The number of hydrogen-bond acceptors (Lipinski definition) is 6. The molecule has 1 saturated heterocycles. The van der Waals surface area contributed by atoms with Crippen LogP contribution in [0.5, 0.6) is 5.75 Å². The number of anilines is 2. The molecule has 0 atom stereocenters. The van der Waals surface area contributed by atoms with Gasteiger partial charge in [0.25, 0.3) is 0 Å². The van der Waals surface area contributed by atoms with E-state index in [0.29, 0.717) is 6.54 Å². The molecule has 1 aliphatic heterocycles. The number of nitrogens with zero attached hydrogens (tertiary/aromatic N) is 3. The van der Waals surface area contributed by atoms with Crippen LogP contribution in [0, 0.1) is 10.1 Å². The Morgan fingerprint density at radius 1 is 1.19 bits per heavy atom. The van der Waals surface area contributed by atoms with E-state index >= 15 is 0 Å². The van der Waals surface area contributed by atoms with Gasteiger partial charge in [0.05, 0.1) is 12.0 Å². The number of benzene rings is 1. The van der Waals surface area contributed by atoms with Gasteiger partial charge in [0.1, 0.15) is 5.82 Å². The lowest BCUT2D eigenvalue weighted by Crippen LogP contribution is -2.25. The van der Waals surface area contributed by atoms with E-state index in [4.69, 9.17) is 4.74 Å². The second kappa shape index (κ2) is 8.51. The van der Waals surface area contributed by atoms with Crippen molar-refractivity contribution in [2.45, 2.75) is 32.2 Å². The monoisotopic (exact) mass is 356 g/mol.